The lowest BCUT2D eigenvalue weighted by atomic mass is 10.0. The van der Waals surface area contributed by atoms with E-state index in [1.165, 1.54) is 4.90 Å². The van der Waals surface area contributed by atoms with E-state index in [2.05, 4.69) is 5.32 Å². The van der Waals surface area contributed by atoms with Gasteiger partial charge in [-0.1, -0.05) is 19.9 Å². The van der Waals surface area contributed by atoms with Gasteiger partial charge in [-0.15, -0.1) is 0 Å². The summed E-state index contributed by atoms with van der Waals surface area (Å²) < 4.78 is 10.1. The molecule has 0 saturated heterocycles. The zero-order valence-corrected chi connectivity index (χ0v) is 16.6. The summed E-state index contributed by atoms with van der Waals surface area (Å²) in [7, 11) is 1.61. The van der Waals surface area contributed by atoms with E-state index in [0.29, 0.717) is 12.2 Å². The zero-order valence-electron chi connectivity index (χ0n) is 16.6. The largest absolute Gasteiger partial charge is 0.463 e. The van der Waals surface area contributed by atoms with Gasteiger partial charge in [0.1, 0.15) is 11.6 Å². The molecule has 7 nitrogen and oxygen atoms in total. The van der Waals surface area contributed by atoms with E-state index >= 15 is 0 Å². The van der Waals surface area contributed by atoms with Crippen molar-refractivity contribution < 1.29 is 23.9 Å². The molecule has 0 aromatic rings. The predicted octanol–water partition coefficient (Wildman–Crippen LogP) is 2.50. The van der Waals surface area contributed by atoms with E-state index in [0.717, 1.165) is 0 Å². The molecule has 144 valence electrons. The Balaban J connectivity index is 4.90. The molecule has 0 heterocycles. The van der Waals surface area contributed by atoms with Crippen LogP contribution in [0.25, 0.3) is 0 Å². The van der Waals surface area contributed by atoms with E-state index in [1.54, 1.807) is 47.7 Å². The number of carbonyl (C=O) groups excluding carboxylic acids is 3. The third-order valence-electron chi connectivity index (χ3n) is 3.25. The van der Waals surface area contributed by atoms with Crippen LogP contribution in [0.2, 0.25) is 0 Å². The normalized spacial score (nSPS) is 13.2. The minimum absolute atomic E-state index is 0.113. The Labute approximate surface area is 150 Å². The highest BCUT2D eigenvalue weighted by Crippen LogP contribution is 2.10. The molecular weight excluding hydrogens is 324 g/mol. The molecule has 7 heteroatoms. The molecule has 0 radical (unpaired) electrons. The highest BCUT2D eigenvalue weighted by Gasteiger charge is 2.28. The van der Waals surface area contributed by atoms with Crippen LogP contribution in [0, 0.1) is 5.92 Å². The first-order valence-electron chi connectivity index (χ1n) is 8.47. The molecular formula is C18H32N2O5. The number of amides is 2. The van der Waals surface area contributed by atoms with Gasteiger partial charge in [0.05, 0.1) is 6.61 Å². The Kier molecular flexibility index (Phi) is 9.23. The topological polar surface area (TPSA) is 84.9 Å². The molecule has 0 aromatic heterocycles. The molecule has 0 aliphatic carbocycles. The Hall–Kier alpha value is -2.05. The van der Waals surface area contributed by atoms with Gasteiger partial charge in [-0.3, -0.25) is 4.79 Å². The number of rotatable bonds is 7. The Morgan fingerprint density at radius 3 is 2.20 bits per heavy atom. The lowest BCUT2D eigenvalue weighted by molar-refractivity contribution is -0.138. The molecule has 0 bridgehead atoms. The van der Waals surface area contributed by atoms with Gasteiger partial charge in [-0.05, 0) is 40.5 Å². The third kappa shape index (κ3) is 9.12. The summed E-state index contributed by atoms with van der Waals surface area (Å²) in [6.45, 7) is 12.9. The van der Waals surface area contributed by atoms with Gasteiger partial charge in [0.15, 0.2) is 0 Å². The van der Waals surface area contributed by atoms with Crippen LogP contribution in [0.4, 0.5) is 4.79 Å². The van der Waals surface area contributed by atoms with Crippen LogP contribution in [0.15, 0.2) is 11.6 Å². The van der Waals surface area contributed by atoms with Crippen molar-refractivity contribution in [2.45, 2.75) is 60.1 Å². The van der Waals surface area contributed by atoms with Crippen LogP contribution in [-0.2, 0) is 19.1 Å². The van der Waals surface area contributed by atoms with Crippen LogP contribution in [0.5, 0.6) is 0 Å². The Morgan fingerprint density at radius 1 is 1.20 bits per heavy atom. The molecule has 0 spiro atoms. The number of alkyl carbamates (subject to hydrolysis) is 1. The molecule has 1 unspecified atom stereocenters. The summed E-state index contributed by atoms with van der Waals surface area (Å²) >= 11 is 0. The van der Waals surface area contributed by atoms with Gasteiger partial charge in [-0.2, -0.15) is 0 Å². The van der Waals surface area contributed by atoms with Gasteiger partial charge < -0.3 is 19.7 Å². The quantitative estimate of drug-likeness (QED) is 0.560. The number of nitrogens with zero attached hydrogens (tertiary/aromatic N) is 1. The number of ether oxygens (including phenoxy) is 2. The molecule has 0 rings (SSSR count). The van der Waals surface area contributed by atoms with Gasteiger partial charge in [-0.25, -0.2) is 9.59 Å². The van der Waals surface area contributed by atoms with E-state index in [1.807, 2.05) is 13.8 Å². The predicted molar refractivity (Wildman–Crippen MR) is 96.0 cm³/mol. The summed E-state index contributed by atoms with van der Waals surface area (Å²) in [5, 5.41) is 2.62. The van der Waals surface area contributed by atoms with Crippen LogP contribution in [0.1, 0.15) is 48.5 Å². The van der Waals surface area contributed by atoms with Gasteiger partial charge in [0, 0.05) is 19.2 Å². The molecule has 0 saturated carbocycles. The van der Waals surface area contributed by atoms with Crippen molar-refractivity contribution in [3.63, 3.8) is 0 Å². The summed E-state index contributed by atoms with van der Waals surface area (Å²) in [6.07, 6.45) is 0.993. The number of likely N-dealkylation sites (N-methyl/N-ethyl adjacent to an activating group) is 1. The average Bonchev–Trinajstić information content (AvgIpc) is 2.47. The molecule has 0 aromatic carbocycles. The fourth-order valence-electron chi connectivity index (χ4n) is 1.88. The molecule has 2 amide bonds. The van der Waals surface area contributed by atoms with E-state index in [-0.39, 0.29) is 18.4 Å². The minimum Gasteiger partial charge on any atom is -0.463 e. The lowest BCUT2D eigenvalue weighted by Crippen LogP contribution is -2.51. The summed E-state index contributed by atoms with van der Waals surface area (Å²) in [6, 6.07) is -0.712. The lowest BCUT2D eigenvalue weighted by Gasteiger charge is -2.28. The Morgan fingerprint density at radius 2 is 1.76 bits per heavy atom. The number of hydrogen-bond acceptors (Lipinski definition) is 5. The van der Waals surface area contributed by atoms with Crippen LogP contribution in [0.3, 0.4) is 0 Å². The van der Waals surface area contributed by atoms with E-state index < -0.39 is 23.7 Å². The van der Waals surface area contributed by atoms with Crippen molar-refractivity contribution in [2.24, 2.45) is 5.92 Å². The van der Waals surface area contributed by atoms with E-state index in [9.17, 15) is 14.4 Å². The second kappa shape index (κ2) is 10.1. The summed E-state index contributed by atoms with van der Waals surface area (Å²) in [5.41, 5.74) is -0.206. The van der Waals surface area contributed by atoms with Crippen molar-refractivity contribution in [2.75, 3.05) is 20.2 Å². The van der Waals surface area contributed by atoms with Crippen molar-refractivity contribution in [1.82, 2.24) is 10.2 Å². The first-order chi connectivity index (χ1) is 11.4. The van der Waals surface area contributed by atoms with Crippen molar-refractivity contribution >= 4 is 18.0 Å². The monoisotopic (exact) mass is 356 g/mol. The average molecular weight is 356 g/mol. The first kappa shape index (κ1) is 22.9. The maximum absolute atomic E-state index is 12.6. The van der Waals surface area contributed by atoms with Crippen LogP contribution >= 0.6 is 0 Å². The minimum atomic E-state index is -0.712. The van der Waals surface area contributed by atoms with Crippen LogP contribution in [-0.4, -0.2) is 54.7 Å². The zero-order chi connectivity index (χ0) is 19.8. The van der Waals surface area contributed by atoms with Gasteiger partial charge in [0.2, 0.25) is 5.91 Å². The van der Waals surface area contributed by atoms with Gasteiger partial charge >= 0.3 is 12.1 Å². The summed E-state index contributed by atoms with van der Waals surface area (Å²) in [5.74, 6) is -0.776. The van der Waals surface area contributed by atoms with Crippen molar-refractivity contribution in [3.8, 4) is 0 Å². The molecule has 25 heavy (non-hydrogen) atoms. The van der Waals surface area contributed by atoms with E-state index in [4.69, 9.17) is 9.47 Å². The second-order valence-corrected chi connectivity index (χ2v) is 7.19. The molecule has 0 aliphatic heterocycles. The molecule has 1 N–H and O–H groups in total. The maximum atomic E-state index is 12.6. The maximum Gasteiger partial charge on any atom is 0.408 e. The molecule has 0 aliphatic rings. The fourth-order valence-corrected chi connectivity index (χ4v) is 1.88. The number of nitrogens with one attached hydrogen (secondary N) is 1. The van der Waals surface area contributed by atoms with Crippen LogP contribution < -0.4 is 5.32 Å². The SMILES string of the molecule is CCOC(=O)/C(C)=C/CN(C)C(=O)C(NC(=O)OC(C)(C)C)C(C)C. The summed E-state index contributed by atoms with van der Waals surface area (Å²) in [4.78, 5) is 37.6. The first-order valence-corrected chi connectivity index (χ1v) is 8.47. The smallest absolute Gasteiger partial charge is 0.408 e. The number of carbonyl (C=O) groups is 3. The molecule has 1 atom stereocenters. The van der Waals surface area contributed by atoms with Crippen molar-refractivity contribution in [3.05, 3.63) is 11.6 Å². The fraction of sp³-hybridized carbons (Fsp3) is 0.722. The highest BCUT2D eigenvalue weighted by molar-refractivity contribution is 5.88. The Bertz CT molecular complexity index is 506. The highest BCUT2D eigenvalue weighted by atomic mass is 16.6. The standard InChI is InChI=1S/C18H32N2O5/c1-9-24-16(22)13(4)10-11-20(8)15(21)14(12(2)3)19-17(23)25-18(5,6)7/h10,12,14H,9,11H2,1-8H3,(H,19,23)/b13-10+. The number of esters is 1. The molecule has 0 fully saturated rings. The van der Waals surface area contributed by atoms with Gasteiger partial charge in [0.25, 0.3) is 0 Å². The van der Waals surface area contributed by atoms with Crippen molar-refractivity contribution in [1.29, 1.82) is 0 Å². The third-order valence-corrected chi connectivity index (χ3v) is 3.25. The second-order valence-electron chi connectivity index (χ2n) is 7.19. The number of hydrogen-bond donors (Lipinski definition) is 1.